The van der Waals surface area contributed by atoms with E-state index in [9.17, 15) is 10.1 Å². The largest absolute Gasteiger partial charge is 0.369 e. The molecule has 2 atom stereocenters. The highest BCUT2D eigenvalue weighted by molar-refractivity contribution is 6.02. The zero-order chi connectivity index (χ0) is 20.1. The molecule has 7 nitrogen and oxygen atoms in total. The van der Waals surface area contributed by atoms with E-state index in [1.807, 2.05) is 38.2 Å². The van der Waals surface area contributed by atoms with Crippen LogP contribution in [0.1, 0.15) is 29.5 Å². The molecule has 3 aromatic rings. The summed E-state index contributed by atoms with van der Waals surface area (Å²) in [5.41, 5.74) is 8.23. The predicted molar refractivity (Wildman–Crippen MR) is 106 cm³/mol. The maximum absolute atomic E-state index is 13.3. The van der Waals surface area contributed by atoms with Gasteiger partial charge in [0.05, 0.1) is 29.3 Å². The molecule has 1 aliphatic rings. The number of likely N-dealkylation sites (N-methyl/N-ethyl adjacent to an activating group) is 1. The van der Waals surface area contributed by atoms with Gasteiger partial charge in [-0.2, -0.15) is 10.4 Å². The van der Waals surface area contributed by atoms with Gasteiger partial charge in [-0.3, -0.25) is 14.4 Å². The summed E-state index contributed by atoms with van der Waals surface area (Å²) < 4.78 is 1.79. The molecule has 0 unspecified atom stereocenters. The summed E-state index contributed by atoms with van der Waals surface area (Å²) in [7, 11) is 3.51. The number of carbonyl (C=O) groups excluding carboxylic acids is 1. The Hall–Kier alpha value is -3.66. The number of benzene rings is 2. The lowest BCUT2D eigenvalue weighted by molar-refractivity contribution is -0.130. The molecule has 1 amide bonds. The number of fused-ring (bicyclic) bond motifs is 1. The van der Waals surface area contributed by atoms with E-state index in [2.05, 4.69) is 11.2 Å². The van der Waals surface area contributed by atoms with Crippen molar-refractivity contribution in [2.24, 2.45) is 17.8 Å². The van der Waals surface area contributed by atoms with Crippen LogP contribution in [0.15, 0.2) is 53.7 Å². The first-order valence-corrected chi connectivity index (χ1v) is 8.90. The molecule has 2 heterocycles. The number of hydrogen-bond acceptors (Lipinski definition) is 5. The zero-order valence-electron chi connectivity index (χ0n) is 15.9. The van der Waals surface area contributed by atoms with Gasteiger partial charge in [-0.25, -0.2) is 4.99 Å². The lowest BCUT2D eigenvalue weighted by Crippen LogP contribution is -2.52. The molecule has 0 aliphatic carbocycles. The normalized spacial score (nSPS) is 22.2. The Morgan fingerprint density at radius 1 is 1.21 bits per heavy atom. The Kier molecular flexibility index (Phi) is 3.93. The second-order valence-corrected chi connectivity index (χ2v) is 7.23. The van der Waals surface area contributed by atoms with E-state index in [4.69, 9.17) is 10.7 Å². The Bertz CT molecular complexity index is 1170. The zero-order valence-corrected chi connectivity index (χ0v) is 15.9. The summed E-state index contributed by atoms with van der Waals surface area (Å²) in [5, 5.41) is 14.5. The van der Waals surface area contributed by atoms with Crippen LogP contribution in [0.2, 0.25) is 0 Å². The molecule has 1 aliphatic heterocycles. The number of hydrogen-bond donors (Lipinski definition) is 1. The molecule has 0 saturated heterocycles. The Morgan fingerprint density at radius 3 is 2.75 bits per heavy atom. The Labute approximate surface area is 162 Å². The number of aromatic nitrogens is 2. The smallest absolute Gasteiger partial charge is 0.239 e. The van der Waals surface area contributed by atoms with Gasteiger partial charge in [0.25, 0.3) is 0 Å². The number of amides is 1. The highest BCUT2D eigenvalue weighted by atomic mass is 16.2. The fourth-order valence-electron chi connectivity index (χ4n) is 3.89. The standard InChI is InChI=1S/C21H20N6O/c1-21(16-6-4-5-13(9-16)11-22)18(19(28)26(2)20(23)25-21)14-7-8-17-15(10-14)12-24-27(17)3/h4-10,12,18H,1-3H3,(H2,23,25)/t18-,21-/m1/s1. The van der Waals surface area contributed by atoms with Crippen LogP contribution in [0.25, 0.3) is 10.9 Å². The molecular weight excluding hydrogens is 352 g/mol. The van der Waals surface area contributed by atoms with Gasteiger partial charge in [0.2, 0.25) is 5.91 Å². The number of nitrogens with two attached hydrogens (primary N) is 1. The lowest BCUT2D eigenvalue weighted by atomic mass is 9.74. The van der Waals surface area contributed by atoms with Gasteiger partial charge < -0.3 is 5.73 Å². The van der Waals surface area contributed by atoms with Crippen molar-refractivity contribution < 1.29 is 4.79 Å². The van der Waals surface area contributed by atoms with Crippen LogP contribution >= 0.6 is 0 Å². The van der Waals surface area contributed by atoms with Crippen LogP contribution in [-0.2, 0) is 17.4 Å². The van der Waals surface area contributed by atoms with E-state index in [0.29, 0.717) is 5.56 Å². The number of nitriles is 1. The molecule has 0 spiro atoms. The Morgan fingerprint density at radius 2 is 2.00 bits per heavy atom. The van der Waals surface area contributed by atoms with Crippen molar-refractivity contribution >= 4 is 22.8 Å². The predicted octanol–water partition coefficient (Wildman–Crippen LogP) is 2.23. The van der Waals surface area contributed by atoms with Crippen molar-refractivity contribution in [3.05, 3.63) is 65.4 Å². The summed E-state index contributed by atoms with van der Waals surface area (Å²) in [4.78, 5) is 19.4. The molecule has 2 aromatic carbocycles. The fraction of sp³-hybridized carbons (Fsp3) is 0.238. The van der Waals surface area contributed by atoms with Crippen LogP contribution in [0, 0.1) is 11.3 Å². The van der Waals surface area contributed by atoms with Crippen molar-refractivity contribution in [3.63, 3.8) is 0 Å². The SMILES string of the molecule is CN1C(=O)[C@@H](c2ccc3c(cnn3C)c2)[C@@](C)(c2cccc(C#N)c2)N=C1N. The van der Waals surface area contributed by atoms with Crippen LogP contribution in [-0.4, -0.2) is 33.6 Å². The first kappa shape index (κ1) is 17.7. The van der Waals surface area contributed by atoms with Crippen molar-refractivity contribution in [1.82, 2.24) is 14.7 Å². The quantitative estimate of drug-likeness (QED) is 0.745. The molecule has 0 radical (unpaired) electrons. The van der Waals surface area contributed by atoms with Gasteiger partial charge in [-0.1, -0.05) is 18.2 Å². The maximum atomic E-state index is 13.3. The lowest BCUT2D eigenvalue weighted by Gasteiger charge is -2.41. The highest BCUT2D eigenvalue weighted by Gasteiger charge is 2.47. The first-order chi connectivity index (χ1) is 13.3. The summed E-state index contributed by atoms with van der Waals surface area (Å²) >= 11 is 0. The van der Waals surface area contributed by atoms with Crippen LogP contribution in [0.4, 0.5) is 0 Å². The summed E-state index contributed by atoms with van der Waals surface area (Å²) in [6.45, 7) is 1.89. The van der Waals surface area contributed by atoms with Crippen molar-refractivity contribution in [3.8, 4) is 6.07 Å². The third kappa shape index (κ3) is 2.54. The van der Waals surface area contributed by atoms with Gasteiger partial charge in [0.15, 0.2) is 5.96 Å². The number of guanidine groups is 1. The van der Waals surface area contributed by atoms with E-state index in [1.54, 1.807) is 36.1 Å². The van der Waals surface area contributed by atoms with E-state index < -0.39 is 11.5 Å². The molecule has 7 heteroatoms. The molecular formula is C21H20N6O. The van der Waals surface area contributed by atoms with Crippen molar-refractivity contribution in [2.45, 2.75) is 18.4 Å². The summed E-state index contributed by atoms with van der Waals surface area (Å²) in [6.07, 6.45) is 1.78. The highest BCUT2D eigenvalue weighted by Crippen LogP contribution is 2.44. The number of rotatable bonds is 2. The first-order valence-electron chi connectivity index (χ1n) is 8.90. The van der Waals surface area contributed by atoms with Crippen molar-refractivity contribution in [1.29, 1.82) is 5.26 Å². The topological polar surface area (TPSA) is 100 Å². The average Bonchev–Trinajstić information content (AvgIpc) is 3.06. The molecule has 0 fully saturated rings. The number of aliphatic imine (C=N–C) groups is 1. The maximum Gasteiger partial charge on any atom is 0.239 e. The number of carbonyl (C=O) groups is 1. The van der Waals surface area contributed by atoms with E-state index in [0.717, 1.165) is 22.0 Å². The van der Waals surface area contributed by atoms with Gasteiger partial charge in [-0.05, 0) is 42.3 Å². The van der Waals surface area contributed by atoms with E-state index >= 15 is 0 Å². The van der Waals surface area contributed by atoms with Crippen LogP contribution in [0.3, 0.4) is 0 Å². The minimum atomic E-state index is -0.934. The second-order valence-electron chi connectivity index (χ2n) is 7.23. The molecule has 1 aromatic heterocycles. The number of nitrogens with zero attached hydrogens (tertiary/aromatic N) is 5. The van der Waals surface area contributed by atoms with Gasteiger partial charge in [0, 0.05) is 19.5 Å². The average molecular weight is 372 g/mol. The van der Waals surface area contributed by atoms with E-state index in [-0.39, 0.29) is 11.9 Å². The van der Waals surface area contributed by atoms with Gasteiger partial charge in [-0.15, -0.1) is 0 Å². The molecule has 140 valence electrons. The summed E-state index contributed by atoms with van der Waals surface area (Å²) in [5.74, 6) is -0.558. The Balaban J connectivity index is 1.94. The summed E-state index contributed by atoms with van der Waals surface area (Å²) in [6, 6.07) is 15.2. The minimum Gasteiger partial charge on any atom is -0.369 e. The monoisotopic (exact) mass is 372 g/mol. The van der Waals surface area contributed by atoms with Crippen LogP contribution in [0.5, 0.6) is 0 Å². The molecule has 0 bridgehead atoms. The molecule has 2 N–H and O–H groups in total. The van der Waals surface area contributed by atoms with Crippen molar-refractivity contribution in [2.75, 3.05) is 7.05 Å². The third-order valence-electron chi connectivity index (χ3n) is 5.51. The van der Waals surface area contributed by atoms with Gasteiger partial charge in [0.1, 0.15) is 5.54 Å². The molecule has 4 rings (SSSR count). The molecule has 0 saturated carbocycles. The molecule has 28 heavy (non-hydrogen) atoms. The van der Waals surface area contributed by atoms with Crippen LogP contribution < -0.4 is 5.73 Å². The fourth-order valence-corrected chi connectivity index (χ4v) is 3.89. The number of aryl methyl sites for hydroxylation is 1. The van der Waals surface area contributed by atoms with Gasteiger partial charge >= 0.3 is 0 Å². The second kappa shape index (κ2) is 6.20. The van der Waals surface area contributed by atoms with E-state index in [1.165, 1.54) is 4.90 Å². The third-order valence-corrected chi connectivity index (χ3v) is 5.51. The minimum absolute atomic E-state index is 0.138.